The first kappa shape index (κ1) is 11.9. The number of aliphatic carboxylic acids is 1. The van der Waals surface area contributed by atoms with Gasteiger partial charge in [-0.1, -0.05) is 22.8 Å². The topological polar surface area (TPSA) is 58.9 Å². The largest absolute Gasteiger partial charge is 0.476 e. The highest BCUT2D eigenvalue weighted by Gasteiger charge is 2.18. The molecule has 17 heavy (non-hydrogen) atoms. The second-order valence-corrected chi connectivity index (χ2v) is 4.57. The zero-order valence-electron chi connectivity index (χ0n) is 8.81. The lowest BCUT2D eigenvalue weighted by atomic mass is 10.1. The number of carboxylic acid groups (broad SMARTS) is 1. The summed E-state index contributed by atoms with van der Waals surface area (Å²) in [6.07, 6.45) is 0. The lowest BCUT2D eigenvalue weighted by molar-refractivity contribution is -0.129. The van der Waals surface area contributed by atoms with E-state index in [9.17, 15) is 4.79 Å². The van der Waals surface area contributed by atoms with Crippen molar-refractivity contribution in [2.45, 2.75) is 0 Å². The molecule has 0 aliphatic heterocycles. The van der Waals surface area contributed by atoms with Crippen LogP contribution in [0, 0.1) is 0 Å². The molecule has 1 heterocycles. The van der Waals surface area contributed by atoms with Gasteiger partial charge in [-0.05, 0) is 12.1 Å². The number of halogens is 1. The summed E-state index contributed by atoms with van der Waals surface area (Å²) in [5, 5.41) is 15.7. The van der Waals surface area contributed by atoms with E-state index in [4.69, 9.17) is 16.7 Å². The highest BCUT2D eigenvalue weighted by molar-refractivity contribution is 7.17. The van der Waals surface area contributed by atoms with Gasteiger partial charge in [-0.15, -0.1) is 11.3 Å². The molecule has 0 fully saturated rings. The van der Waals surface area contributed by atoms with E-state index in [-0.39, 0.29) is 5.71 Å². The molecule has 2 aromatic rings. The molecule has 88 valence electrons. The Kier molecular flexibility index (Phi) is 3.31. The number of rotatable bonds is 3. The van der Waals surface area contributed by atoms with E-state index in [2.05, 4.69) is 9.99 Å². The van der Waals surface area contributed by atoms with Crippen molar-refractivity contribution in [3.8, 4) is 0 Å². The van der Waals surface area contributed by atoms with E-state index in [0.29, 0.717) is 10.6 Å². The summed E-state index contributed by atoms with van der Waals surface area (Å²) in [5.74, 6) is -1.12. The van der Waals surface area contributed by atoms with E-state index in [1.54, 1.807) is 23.6 Å². The molecule has 0 amide bonds. The Balaban J connectivity index is 2.62. The van der Waals surface area contributed by atoms with Crippen molar-refractivity contribution in [3.63, 3.8) is 0 Å². The van der Waals surface area contributed by atoms with E-state index in [1.165, 1.54) is 18.4 Å². The predicted octanol–water partition coefficient (Wildman–Crippen LogP) is 2.99. The quantitative estimate of drug-likeness (QED) is 0.688. The molecular formula is C11H8ClNO3S. The Morgan fingerprint density at radius 3 is 2.94 bits per heavy atom. The maximum Gasteiger partial charge on any atom is 0.358 e. The van der Waals surface area contributed by atoms with Crippen LogP contribution >= 0.6 is 22.9 Å². The third kappa shape index (κ3) is 2.25. The fourth-order valence-corrected chi connectivity index (χ4v) is 2.70. The number of oxime groups is 1. The molecule has 2 rings (SSSR count). The molecule has 0 atom stereocenters. The van der Waals surface area contributed by atoms with Gasteiger partial charge in [0.25, 0.3) is 0 Å². The molecule has 1 aromatic carbocycles. The summed E-state index contributed by atoms with van der Waals surface area (Å²) >= 11 is 7.28. The van der Waals surface area contributed by atoms with Crippen LogP contribution in [0.4, 0.5) is 0 Å². The fourth-order valence-electron chi connectivity index (χ4n) is 1.48. The summed E-state index contributed by atoms with van der Waals surface area (Å²) in [5.41, 5.74) is 0.428. The van der Waals surface area contributed by atoms with Crippen LogP contribution in [0.2, 0.25) is 5.02 Å². The molecule has 0 unspecified atom stereocenters. The lowest BCUT2D eigenvalue weighted by Crippen LogP contribution is -2.14. The van der Waals surface area contributed by atoms with Gasteiger partial charge in [0.2, 0.25) is 0 Å². The Morgan fingerprint density at radius 2 is 2.29 bits per heavy atom. The first-order valence-electron chi connectivity index (χ1n) is 4.65. The summed E-state index contributed by atoms with van der Waals surface area (Å²) in [7, 11) is 1.31. The van der Waals surface area contributed by atoms with E-state index in [0.717, 1.165) is 10.1 Å². The van der Waals surface area contributed by atoms with E-state index >= 15 is 0 Å². The number of fused-ring (bicyclic) bond motifs is 1. The van der Waals surface area contributed by atoms with Crippen molar-refractivity contribution in [2.75, 3.05) is 7.11 Å². The monoisotopic (exact) mass is 269 g/mol. The number of benzene rings is 1. The molecule has 0 aliphatic carbocycles. The number of carboxylic acids is 1. The van der Waals surface area contributed by atoms with Gasteiger partial charge in [0.15, 0.2) is 5.71 Å². The second-order valence-electron chi connectivity index (χ2n) is 3.22. The van der Waals surface area contributed by atoms with Crippen LogP contribution < -0.4 is 0 Å². The van der Waals surface area contributed by atoms with Gasteiger partial charge in [0.1, 0.15) is 7.11 Å². The highest BCUT2D eigenvalue weighted by Crippen LogP contribution is 2.29. The third-order valence-corrected chi connectivity index (χ3v) is 3.36. The van der Waals surface area contributed by atoms with Crippen LogP contribution in [0.1, 0.15) is 5.56 Å². The molecule has 0 saturated heterocycles. The van der Waals surface area contributed by atoms with Crippen LogP contribution in [0.5, 0.6) is 0 Å². The van der Waals surface area contributed by atoms with Gasteiger partial charge in [0.05, 0.1) is 0 Å². The molecule has 0 spiro atoms. The first-order chi connectivity index (χ1) is 8.13. The SMILES string of the molecule is CO/N=C(/C(=O)O)c1csc2cc(Cl)ccc12. The second kappa shape index (κ2) is 4.73. The van der Waals surface area contributed by atoms with Crippen LogP contribution in [0.3, 0.4) is 0 Å². The molecule has 6 heteroatoms. The smallest absolute Gasteiger partial charge is 0.358 e. The van der Waals surface area contributed by atoms with Gasteiger partial charge in [-0.25, -0.2) is 4.79 Å². The van der Waals surface area contributed by atoms with Gasteiger partial charge < -0.3 is 9.94 Å². The first-order valence-corrected chi connectivity index (χ1v) is 5.91. The van der Waals surface area contributed by atoms with Crippen molar-refractivity contribution in [3.05, 3.63) is 34.2 Å². The zero-order chi connectivity index (χ0) is 12.4. The highest BCUT2D eigenvalue weighted by atomic mass is 35.5. The van der Waals surface area contributed by atoms with E-state index < -0.39 is 5.97 Å². The number of carbonyl (C=O) groups is 1. The van der Waals surface area contributed by atoms with Gasteiger partial charge >= 0.3 is 5.97 Å². The number of hydrogen-bond donors (Lipinski definition) is 1. The third-order valence-electron chi connectivity index (χ3n) is 2.18. The Morgan fingerprint density at radius 1 is 1.53 bits per heavy atom. The summed E-state index contributed by atoms with van der Waals surface area (Å²) in [6, 6.07) is 5.28. The average Bonchev–Trinajstić information content (AvgIpc) is 2.68. The number of thiophene rings is 1. The molecule has 0 saturated carbocycles. The Bertz CT molecular complexity index is 606. The maximum atomic E-state index is 11.1. The van der Waals surface area contributed by atoms with Gasteiger partial charge in [0, 0.05) is 26.1 Å². The maximum absolute atomic E-state index is 11.1. The van der Waals surface area contributed by atoms with Crippen LogP contribution in [-0.2, 0) is 9.63 Å². The molecule has 1 aromatic heterocycles. The van der Waals surface area contributed by atoms with Crippen LogP contribution in [0.15, 0.2) is 28.7 Å². The zero-order valence-corrected chi connectivity index (χ0v) is 10.4. The van der Waals surface area contributed by atoms with Crippen molar-refractivity contribution < 1.29 is 14.7 Å². The van der Waals surface area contributed by atoms with Gasteiger partial charge in [-0.3, -0.25) is 0 Å². The summed E-state index contributed by atoms with van der Waals surface area (Å²) in [6.45, 7) is 0. The Hall–Kier alpha value is -1.59. The van der Waals surface area contributed by atoms with Crippen LogP contribution in [-0.4, -0.2) is 23.9 Å². The minimum atomic E-state index is -1.12. The van der Waals surface area contributed by atoms with Crippen molar-refractivity contribution in [1.82, 2.24) is 0 Å². The van der Waals surface area contributed by atoms with Gasteiger partial charge in [-0.2, -0.15) is 0 Å². The molecule has 0 aliphatic rings. The standard InChI is InChI=1S/C11H8ClNO3S/c1-16-13-10(11(14)15)8-5-17-9-4-6(12)2-3-7(8)9/h2-5H,1H3,(H,14,15)/b13-10+. The number of hydrogen-bond acceptors (Lipinski definition) is 4. The average molecular weight is 270 g/mol. The minimum Gasteiger partial charge on any atom is -0.476 e. The molecule has 1 N–H and O–H groups in total. The normalized spacial score (nSPS) is 11.8. The number of nitrogens with zero attached hydrogens (tertiary/aromatic N) is 1. The van der Waals surface area contributed by atoms with E-state index in [1.807, 2.05) is 0 Å². The fraction of sp³-hybridized carbons (Fsp3) is 0.0909. The summed E-state index contributed by atoms with van der Waals surface area (Å²) < 4.78 is 0.914. The van der Waals surface area contributed by atoms with Crippen molar-refractivity contribution in [1.29, 1.82) is 0 Å². The van der Waals surface area contributed by atoms with Crippen LogP contribution in [0.25, 0.3) is 10.1 Å². The minimum absolute atomic E-state index is 0.110. The predicted molar refractivity (Wildman–Crippen MR) is 68.0 cm³/mol. The lowest BCUT2D eigenvalue weighted by Gasteiger charge is -1.99. The Labute approximate surface area is 106 Å². The molecular weight excluding hydrogens is 262 g/mol. The molecule has 4 nitrogen and oxygen atoms in total. The van der Waals surface area contributed by atoms with Crippen molar-refractivity contribution >= 4 is 44.7 Å². The summed E-state index contributed by atoms with van der Waals surface area (Å²) in [4.78, 5) is 15.6. The van der Waals surface area contributed by atoms with Crippen molar-refractivity contribution in [2.24, 2.45) is 5.16 Å². The molecule has 0 radical (unpaired) electrons. The molecule has 0 bridgehead atoms.